The maximum absolute atomic E-state index is 13.8. The second-order valence-corrected chi connectivity index (χ2v) is 8.86. The van der Waals surface area contributed by atoms with Crippen LogP contribution in [0.5, 0.6) is 0 Å². The zero-order valence-electron chi connectivity index (χ0n) is 19.9. The monoisotopic (exact) mass is 455 g/mol. The summed E-state index contributed by atoms with van der Waals surface area (Å²) in [5, 5.41) is 0.867. The van der Waals surface area contributed by atoms with E-state index in [2.05, 4.69) is 25.9 Å². The predicted molar refractivity (Wildman–Crippen MR) is 134 cm³/mol. The van der Waals surface area contributed by atoms with Crippen LogP contribution in [0.15, 0.2) is 53.5 Å². The molecule has 0 aliphatic carbocycles. The SMILES string of the molecule is Cc1cccc(-c2ccc(-c3cc4cnc(C)nc4n(CCN4CCOCC4)c3=O)c(C)c2)n1. The average Bonchev–Trinajstić information content (AvgIpc) is 2.84. The van der Waals surface area contributed by atoms with Crippen molar-refractivity contribution in [1.29, 1.82) is 0 Å². The number of aryl methyl sites for hydroxylation is 3. The van der Waals surface area contributed by atoms with Crippen LogP contribution in [0.4, 0.5) is 0 Å². The summed E-state index contributed by atoms with van der Waals surface area (Å²) >= 11 is 0. The highest BCUT2D eigenvalue weighted by Gasteiger charge is 2.17. The summed E-state index contributed by atoms with van der Waals surface area (Å²) in [5.74, 6) is 0.658. The van der Waals surface area contributed by atoms with Crippen molar-refractivity contribution >= 4 is 11.0 Å². The van der Waals surface area contributed by atoms with Crippen LogP contribution < -0.4 is 5.56 Å². The molecule has 1 fully saturated rings. The number of aromatic nitrogens is 4. The highest BCUT2D eigenvalue weighted by atomic mass is 16.5. The van der Waals surface area contributed by atoms with E-state index in [1.807, 2.05) is 67.9 Å². The molecule has 34 heavy (non-hydrogen) atoms. The van der Waals surface area contributed by atoms with E-state index < -0.39 is 0 Å². The van der Waals surface area contributed by atoms with Crippen LogP contribution in [0, 0.1) is 20.8 Å². The van der Waals surface area contributed by atoms with Gasteiger partial charge in [-0.15, -0.1) is 0 Å². The van der Waals surface area contributed by atoms with Gasteiger partial charge in [-0.25, -0.2) is 9.97 Å². The zero-order valence-corrected chi connectivity index (χ0v) is 19.9. The molecule has 0 unspecified atom stereocenters. The topological polar surface area (TPSA) is 73.1 Å². The van der Waals surface area contributed by atoms with Gasteiger partial charge in [-0.1, -0.05) is 18.2 Å². The Labute approximate surface area is 199 Å². The fourth-order valence-electron chi connectivity index (χ4n) is 4.54. The molecule has 0 bridgehead atoms. The highest BCUT2D eigenvalue weighted by molar-refractivity contribution is 5.82. The molecular weight excluding hydrogens is 426 g/mol. The van der Waals surface area contributed by atoms with E-state index in [4.69, 9.17) is 4.74 Å². The third-order valence-electron chi connectivity index (χ3n) is 6.39. The minimum atomic E-state index is -0.0246. The molecule has 1 aromatic carbocycles. The largest absolute Gasteiger partial charge is 0.379 e. The van der Waals surface area contributed by atoms with Crippen molar-refractivity contribution in [3.05, 3.63) is 76.1 Å². The van der Waals surface area contributed by atoms with Crippen LogP contribution in [0.1, 0.15) is 17.1 Å². The summed E-state index contributed by atoms with van der Waals surface area (Å²) in [6, 6.07) is 14.1. The summed E-state index contributed by atoms with van der Waals surface area (Å²) in [6.07, 6.45) is 1.81. The average molecular weight is 456 g/mol. The number of rotatable bonds is 5. The van der Waals surface area contributed by atoms with Gasteiger partial charge in [0.2, 0.25) is 0 Å². The van der Waals surface area contributed by atoms with E-state index >= 15 is 0 Å². The molecule has 4 heterocycles. The number of benzene rings is 1. The molecule has 1 aliphatic heterocycles. The molecular formula is C27H29N5O2. The molecule has 174 valence electrons. The molecule has 7 heteroatoms. The normalized spacial score (nSPS) is 14.6. The van der Waals surface area contributed by atoms with E-state index in [9.17, 15) is 4.79 Å². The van der Waals surface area contributed by atoms with Crippen molar-refractivity contribution in [3.63, 3.8) is 0 Å². The van der Waals surface area contributed by atoms with Gasteiger partial charge < -0.3 is 4.74 Å². The number of hydrogen-bond donors (Lipinski definition) is 0. The lowest BCUT2D eigenvalue weighted by Crippen LogP contribution is -2.39. The molecule has 0 radical (unpaired) electrons. The highest BCUT2D eigenvalue weighted by Crippen LogP contribution is 2.28. The first-order chi connectivity index (χ1) is 16.5. The van der Waals surface area contributed by atoms with Gasteiger partial charge in [-0.2, -0.15) is 0 Å². The number of ether oxygens (including phenoxy) is 1. The maximum Gasteiger partial charge on any atom is 0.260 e. The Morgan fingerprint density at radius 1 is 0.941 bits per heavy atom. The molecule has 1 aliphatic rings. The third kappa shape index (κ3) is 4.49. The number of hydrogen-bond acceptors (Lipinski definition) is 6. The van der Waals surface area contributed by atoms with Crippen LogP contribution in [0.2, 0.25) is 0 Å². The lowest BCUT2D eigenvalue weighted by atomic mass is 9.97. The number of morpholine rings is 1. The van der Waals surface area contributed by atoms with Crippen molar-refractivity contribution in [1.82, 2.24) is 24.4 Å². The lowest BCUT2D eigenvalue weighted by molar-refractivity contribution is 0.0364. The summed E-state index contributed by atoms with van der Waals surface area (Å²) in [6.45, 7) is 10.5. The zero-order chi connectivity index (χ0) is 23.7. The molecule has 3 aromatic heterocycles. The van der Waals surface area contributed by atoms with Crippen LogP contribution in [-0.2, 0) is 11.3 Å². The Hall–Kier alpha value is -3.42. The Bertz CT molecular complexity index is 1410. The third-order valence-corrected chi connectivity index (χ3v) is 6.39. The molecule has 0 N–H and O–H groups in total. The maximum atomic E-state index is 13.8. The molecule has 5 rings (SSSR count). The van der Waals surface area contributed by atoms with Gasteiger partial charge in [0.25, 0.3) is 5.56 Å². The van der Waals surface area contributed by atoms with Gasteiger partial charge in [-0.3, -0.25) is 19.2 Å². The first kappa shape index (κ1) is 22.4. The summed E-state index contributed by atoms with van der Waals surface area (Å²) in [7, 11) is 0. The predicted octanol–water partition coefficient (Wildman–Crippen LogP) is 3.78. The van der Waals surface area contributed by atoms with Crippen molar-refractivity contribution in [2.24, 2.45) is 0 Å². The Balaban J connectivity index is 1.57. The smallest absolute Gasteiger partial charge is 0.260 e. The van der Waals surface area contributed by atoms with Crippen molar-refractivity contribution < 1.29 is 4.74 Å². The minimum absolute atomic E-state index is 0.0246. The van der Waals surface area contributed by atoms with Crippen molar-refractivity contribution in [2.75, 3.05) is 32.8 Å². The van der Waals surface area contributed by atoms with E-state index in [-0.39, 0.29) is 5.56 Å². The van der Waals surface area contributed by atoms with Crippen LogP contribution >= 0.6 is 0 Å². The van der Waals surface area contributed by atoms with E-state index in [0.717, 1.165) is 66.3 Å². The van der Waals surface area contributed by atoms with E-state index in [1.165, 1.54) is 0 Å². The van der Waals surface area contributed by atoms with Crippen molar-refractivity contribution in [3.8, 4) is 22.4 Å². The van der Waals surface area contributed by atoms with Gasteiger partial charge in [0.05, 0.1) is 18.9 Å². The first-order valence-electron chi connectivity index (χ1n) is 11.7. The van der Waals surface area contributed by atoms with Crippen molar-refractivity contribution in [2.45, 2.75) is 27.3 Å². The standard InChI is InChI=1S/C27H29N5O2/c1-18-15-21(25-6-4-5-19(2)29-25)7-8-23(18)24-16-22-17-28-20(3)30-26(22)32(27(24)33)10-9-31-11-13-34-14-12-31/h4-8,15-17H,9-14H2,1-3H3. The van der Waals surface area contributed by atoms with Gasteiger partial charge >= 0.3 is 0 Å². The Morgan fingerprint density at radius 3 is 2.53 bits per heavy atom. The second-order valence-electron chi connectivity index (χ2n) is 8.86. The summed E-state index contributed by atoms with van der Waals surface area (Å²) in [4.78, 5) is 29.7. The quantitative estimate of drug-likeness (QED) is 0.456. The van der Waals surface area contributed by atoms with Crippen LogP contribution in [0.25, 0.3) is 33.4 Å². The van der Waals surface area contributed by atoms with Gasteiger partial charge in [-0.05, 0) is 56.2 Å². The fourth-order valence-corrected chi connectivity index (χ4v) is 4.54. The Kier molecular flexibility index (Phi) is 6.22. The van der Waals surface area contributed by atoms with Crippen LogP contribution in [-0.4, -0.2) is 57.3 Å². The number of nitrogens with zero attached hydrogens (tertiary/aromatic N) is 5. The molecule has 7 nitrogen and oxygen atoms in total. The molecule has 0 amide bonds. The fraction of sp³-hybridized carbons (Fsp3) is 0.333. The Morgan fingerprint density at radius 2 is 1.76 bits per heavy atom. The van der Waals surface area contributed by atoms with Gasteiger partial charge in [0.15, 0.2) is 0 Å². The second kappa shape index (κ2) is 9.44. The van der Waals surface area contributed by atoms with E-state index in [1.54, 1.807) is 0 Å². The lowest BCUT2D eigenvalue weighted by Gasteiger charge is -2.27. The summed E-state index contributed by atoms with van der Waals surface area (Å²) in [5.41, 5.74) is 6.23. The number of pyridine rings is 2. The minimum Gasteiger partial charge on any atom is -0.379 e. The van der Waals surface area contributed by atoms with E-state index in [0.29, 0.717) is 23.6 Å². The van der Waals surface area contributed by atoms with Gasteiger partial charge in [0.1, 0.15) is 11.5 Å². The summed E-state index contributed by atoms with van der Waals surface area (Å²) < 4.78 is 7.27. The van der Waals surface area contributed by atoms with Gasteiger partial charge in [0, 0.05) is 54.6 Å². The first-order valence-corrected chi connectivity index (χ1v) is 11.7. The molecule has 4 aromatic rings. The molecule has 0 saturated carbocycles. The van der Waals surface area contributed by atoms with Crippen LogP contribution in [0.3, 0.4) is 0 Å². The molecule has 0 spiro atoms. The molecule has 0 atom stereocenters. The molecule has 1 saturated heterocycles. The number of fused-ring (bicyclic) bond motifs is 1.